The molecule has 1 aromatic carbocycles. The van der Waals surface area contributed by atoms with Gasteiger partial charge in [-0.1, -0.05) is 15.9 Å². The van der Waals surface area contributed by atoms with Gasteiger partial charge in [0.1, 0.15) is 0 Å². The second-order valence-corrected chi connectivity index (χ2v) is 5.66. The minimum absolute atomic E-state index is 0.303. The second-order valence-electron chi connectivity index (χ2n) is 4.74. The summed E-state index contributed by atoms with van der Waals surface area (Å²) in [6.07, 6.45) is -0.303. The van der Waals surface area contributed by atoms with E-state index < -0.39 is 0 Å². The number of benzene rings is 1. The molecule has 1 fully saturated rings. The summed E-state index contributed by atoms with van der Waals surface area (Å²) in [6.45, 7) is 6.57. The summed E-state index contributed by atoms with van der Waals surface area (Å²) in [5.74, 6) is 0. The predicted molar refractivity (Wildman–Crippen MR) is 74.6 cm³/mol. The van der Waals surface area contributed by atoms with E-state index in [2.05, 4.69) is 58.2 Å². The van der Waals surface area contributed by atoms with E-state index in [1.54, 1.807) is 0 Å². The first kappa shape index (κ1) is 12.9. The Bertz CT molecular complexity index is 397. The van der Waals surface area contributed by atoms with Gasteiger partial charge < -0.3 is 15.3 Å². The molecule has 1 aromatic rings. The van der Waals surface area contributed by atoms with E-state index in [-0.39, 0.29) is 6.10 Å². The first-order valence-corrected chi connectivity index (χ1v) is 6.79. The van der Waals surface area contributed by atoms with Gasteiger partial charge in [0, 0.05) is 35.8 Å². The molecule has 94 valence electrons. The lowest BCUT2D eigenvalue weighted by Crippen LogP contribution is -2.39. The lowest BCUT2D eigenvalue weighted by Gasteiger charge is -2.31. The van der Waals surface area contributed by atoms with Crippen LogP contribution in [-0.4, -0.2) is 36.9 Å². The normalized spacial score (nSPS) is 25.8. The lowest BCUT2D eigenvalue weighted by molar-refractivity contribution is 0.184. The van der Waals surface area contributed by atoms with Crippen molar-refractivity contribution in [1.29, 1.82) is 0 Å². The molecule has 4 heteroatoms. The van der Waals surface area contributed by atoms with Crippen LogP contribution < -0.4 is 10.2 Å². The molecule has 0 radical (unpaired) electrons. The molecule has 0 spiro atoms. The molecule has 1 saturated heterocycles. The van der Waals surface area contributed by atoms with Gasteiger partial charge in [0.25, 0.3) is 0 Å². The Balaban J connectivity index is 2.29. The van der Waals surface area contributed by atoms with Crippen molar-refractivity contribution in [1.82, 2.24) is 5.32 Å². The van der Waals surface area contributed by atoms with Crippen LogP contribution in [0.15, 0.2) is 22.7 Å². The number of aliphatic hydroxyl groups excluding tert-OH is 1. The minimum Gasteiger partial charge on any atom is -0.390 e. The van der Waals surface area contributed by atoms with E-state index in [4.69, 9.17) is 0 Å². The molecule has 1 aliphatic rings. The first-order chi connectivity index (χ1) is 8.08. The highest BCUT2D eigenvalue weighted by Crippen LogP contribution is 2.26. The maximum absolute atomic E-state index is 9.87. The van der Waals surface area contributed by atoms with Gasteiger partial charge in [-0.15, -0.1) is 0 Å². The number of hydrogen-bond acceptors (Lipinski definition) is 3. The number of nitrogens with zero attached hydrogens (tertiary/aromatic N) is 1. The molecule has 0 saturated carbocycles. The highest BCUT2D eigenvalue weighted by Gasteiger charge is 2.22. The van der Waals surface area contributed by atoms with Crippen molar-refractivity contribution in [3.05, 3.63) is 28.2 Å². The number of hydrogen-bond donors (Lipinski definition) is 2. The van der Waals surface area contributed by atoms with Crippen LogP contribution in [0.1, 0.15) is 12.5 Å². The summed E-state index contributed by atoms with van der Waals surface area (Å²) in [4.78, 5) is 2.28. The minimum atomic E-state index is -0.303. The molecule has 0 aromatic heterocycles. The molecule has 0 amide bonds. The van der Waals surface area contributed by atoms with E-state index >= 15 is 0 Å². The Morgan fingerprint density at radius 1 is 1.41 bits per heavy atom. The zero-order chi connectivity index (χ0) is 12.4. The highest BCUT2D eigenvalue weighted by atomic mass is 79.9. The van der Waals surface area contributed by atoms with Crippen molar-refractivity contribution < 1.29 is 5.11 Å². The van der Waals surface area contributed by atoms with Crippen LogP contribution in [0.2, 0.25) is 0 Å². The molecule has 2 rings (SSSR count). The molecule has 2 N–H and O–H groups in total. The Morgan fingerprint density at radius 3 is 2.88 bits per heavy atom. The Morgan fingerprint density at radius 2 is 2.18 bits per heavy atom. The van der Waals surface area contributed by atoms with Gasteiger partial charge in [-0.25, -0.2) is 0 Å². The summed E-state index contributed by atoms with van der Waals surface area (Å²) < 4.78 is 1.10. The highest BCUT2D eigenvalue weighted by molar-refractivity contribution is 9.10. The van der Waals surface area contributed by atoms with E-state index in [1.807, 2.05) is 0 Å². The van der Waals surface area contributed by atoms with Gasteiger partial charge in [-0.3, -0.25) is 0 Å². The summed E-state index contributed by atoms with van der Waals surface area (Å²) in [5.41, 5.74) is 2.45. The lowest BCUT2D eigenvalue weighted by atomic mass is 10.1. The first-order valence-electron chi connectivity index (χ1n) is 5.99. The molecule has 2 unspecified atom stereocenters. The fraction of sp³-hybridized carbons (Fsp3) is 0.538. The number of anilines is 1. The number of β-amino-alcohol motifs (C(OH)–C–C–N with tert-alkyl or cyclic N) is 1. The van der Waals surface area contributed by atoms with Gasteiger partial charge in [-0.2, -0.15) is 0 Å². The molecular formula is C13H19BrN2O. The number of aliphatic hydroxyl groups is 1. The fourth-order valence-corrected chi connectivity index (χ4v) is 2.79. The quantitative estimate of drug-likeness (QED) is 0.831. The van der Waals surface area contributed by atoms with E-state index in [0.717, 1.165) is 11.0 Å². The second kappa shape index (κ2) is 5.38. The van der Waals surface area contributed by atoms with Gasteiger partial charge in [-0.05, 0) is 37.6 Å². The van der Waals surface area contributed by atoms with E-state index in [0.29, 0.717) is 19.1 Å². The smallest absolute Gasteiger partial charge is 0.0839 e. The summed E-state index contributed by atoms with van der Waals surface area (Å²) in [6, 6.07) is 6.69. The molecular weight excluding hydrogens is 280 g/mol. The van der Waals surface area contributed by atoms with Crippen molar-refractivity contribution in [2.24, 2.45) is 0 Å². The third-order valence-corrected chi connectivity index (χ3v) is 3.72. The summed E-state index contributed by atoms with van der Waals surface area (Å²) >= 11 is 3.48. The maximum Gasteiger partial charge on any atom is 0.0839 e. The molecule has 1 aliphatic heterocycles. The van der Waals surface area contributed by atoms with E-state index in [1.165, 1.54) is 11.3 Å². The van der Waals surface area contributed by atoms with Crippen molar-refractivity contribution >= 4 is 21.6 Å². The third-order valence-electron chi connectivity index (χ3n) is 3.23. The average molecular weight is 299 g/mol. The van der Waals surface area contributed by atoms with Crippen molar-refractivity contribution in [3.63, 3.8) is 0 Å². The van der Waals surface area contributed by atoms with E-state index in [9.17, 15) is 5.11 Å². The Kier molecular flexibility index (Phi) is 4.07. The number of nitrogens with one attached hydrogen (secondary N) is 1. The van der Waals surface area contributed by atoms with Crippen molar-refractivity contribution in [3.8, 4) is 0 Å². The molecule has 0 aliphatic carbocycles. The molecule has 3 nitrogen and oxygen atoms in total. The Labute approximate surface area is 111 Å². The van der Waals surface area contributed by atoms with Crippen LogP contribution in [-0.2, 0) is 0 Å². The van der Waals surface area contributed by atoms with Crippen LogP contribution in [0.25, 0.3) is 0 Å². The summed E-state index contributed by atoms with van der Waals surface area (Å²) in [5, 5.41) is 13.1. The van der Waals surface area contributed by atoms with Crippen LogP contribution in [0, 0.1) is 6.92 Å². The van der Waals surface area contributed by atoms with Gasteiger partial charge in [0.05, 0.1) is 6.10 Å². The maximum atomic E-state index is 9.87. The van der Waals surface area contributed by atoms with Crippen LogP contribution in [0.5, 0.6) is 0 Å². The number of aryl methyl sites for hydroxylation is 1. The van der Waals surface area contributed by atoms with Crippen LogP contribution >= 0.6 is 15.9 Å². The fourth-order valence-electron chi connectivity index (χ4n) is 2.32. The molecule has 1 heterocycles. The van der Waals surface area contributed by atoms with Crippen molar-refractivity contribution in [2.75, 3.05) is 24.5 Å². The SMILES string of the molecule is Cc1cc(Br)ccc1N1CC(O)CNCC1C. The predicted octanol–water partition coefficient (Wildman–Crippen LogP) is 1.92. The average Bonchev–Trinajstić information content (AvgIpc) is 2.41. The van der Waals surface area contributed by atoms with Crippen LogP contribution in [0.3, 0.4) is 0 Å². The standard InChI is InChI=1S/C13H19BrN2O/c1-9-5-11(14)3-4-13(9)16-8-12(17)7-15-6-10(16)2/h3-5,10,12,15,17H,6-8H2,1-2H3. The largest absolute Gasteiger partial charge is 0.390 e. The van der Waals surface area contributed by atoms with Gasteiger partial charge in [0.15, 0.2) is 0 Å². The molecule has 17 heavy (non-hydrogen) atoms. The molecule has 2 atom stereocenters. The summed E-state index contributed by atoms with van der Waals surface area (Å²) in [7, 11) is 0. The zero-order valence-corrected chi connectivity index (χ0v) is 11.9. The number of rotatable bonds is 1. The van der Waals surface area contributed by atoms with Crippen molar-refractivity contribution in [2.45, 2.75) is 26.0 Å². The van der Waals surface area contributed by atoms with Gasteiger partial charge in [0.2, 0.25) is 0 Å². The Hall–Kier alpha value is -0.580. The topological polar surface area (TPSA) is 35.5 Å². The zero-order valence-electron chi connectivity index (χ0n) is 10.3. The van der Waals surface area contributed by atoms with Gasteiger partial charge >= 0.3 is 0 Å². The monoisotopic (exact) mass is 298 g/mol. The van der Waals surface area contributed by atoms with Crippen LogP contribution in [0.4, 0.5) is 5.69 Å². The number of halogens is 1. The third kappa shape index (κ3) is 3.00. The molecule has 0 bridgehead atoms.